The molecule has 0 aromatic heterocycles. The van der Waals surface area contributed by atoms with Gasteiger partial charge < -0.3 is 9.84 Å². The number of ether oxygens (including phenoxy) is 1. The summed E-state index contributed by atoms with van der Waals surface area (Å²) in [5.41, 5.74) is 0.687. The number of hydrogen-bond acceptors (Lipinski definition) is 4. The van der Waals surface area contributed by atoms with Crippen LogP contribution >= 0.6 is 0 Å². The summed E-state index contributed by atoms with van der Waals surface area (Å²) in [6.45, 7) is 2.12. The van der Waals surface area contributed by atoms with Crippen molar-refractivity contribution in [2.45, 2.75) is 13.5 Å². The molecule has 2 rings (SSSR count). The normalized spacial score (nSPS) is 12.1. The average Bonchev–Trinajstić information content (AvgIpc) is 2.60. The summed E-state index contributed by atoms with van der Waals surface area (Å²) in [4.78, 5) is 16.2. The molecule has 0 amide bonds. The third-order valence-corrected chi connectivity index (χ3v) is 3.22. The number of carbonyl (C=O) groups excluding carboxylic acids is 1. The van der Waals surface area contributed by atoms with Crippen molar-refractivity contribution in [1.82, 2.24) is 0 Å². The molecule has 0 spiro atoms. The fraction of sp³-hybridized carbons (Fsp3) is 0.158. The first-order valence-corrected chi connectivity index (χ1v) is 7.52. The highest BCUT2D eigenvalue weighted by Gasteiger charge is 2.18. The zero-order chi connectivity index (χ0) is 17.4. The SMILES string of the molecule is CCOC(=O)/C(C=NCc1ccccc1)=C(\O)c1ccccc1F. The van der Waals surface area contributed by atoms with E-state index < -0.39 is 17.5 Å². The van der Waals surface area contributed by atoms with E-state index in [0.717, 1.165) is 5.56 Å². The molecule has 2 aromatic rings. The first-order chi connectivity index (χ1) is 11.6. The lowest BCUT2D eigenvalue weighted by molar-refractivity contribution is -0.137. The van der Waals surface area contributed by atoms with Crippen LogP contribution in [0.25, 0.3) is 5.76 Å². The maximum Gasteiger partial charge on any atom is 0.343 e. The van der Waals surface area contributed by atoms with E-state index in [4.69, 9.17) is 4.74 Å². The lowest BCUT2D eigenvalue weighted by Gasteiger charge is -2.07. The molecular formula is C19H18FNO3. The summed E-state index contributed by atoms with van der Waals surface area (Å²) in [6, 6.07) is 15.1. The highest BCUT2D eigenvalue weighted by atomic mass is 19.1. The van der Waals surface area contributed by atoms with E-state index in [1.54, 1.807) is 13.0 Å². The lowest BCUT2D eigenvalue weighted by Crippen LogP contribution is -2.12. The van der Waals surface area contributed by atoms with Gasteiger partial charge in [0.05, 0.1) is 18.7 Å². The smallest absolute Gasteiger partial charge is 0.343 e. The number of carbonyl (C=O) groups is 1. The van der Waals surface area contributed by atoms with E-state index in [0.29, 0.717) is 6.54 Å². The van der Waals surface area contributed by atoms with Crippen LogP contribution in [0, 0.1) is 5.82 Å². The molecule has 0 fully saturated rings. The number of aliphatic imine (C=N–C) groups is 1. The van der Waals surface area contributed by atoms with E-state index in [1.165, 1.54) is 24.4 Å². The number of hydrogen-bond donors (Lipinski definition) is 1. The van der Waals surface area contributed by atoms with Gasteiger partial charge in [-0.05, 0) is 24.6 Å². The Balaban J connectivity index is 2.32. The predicted molar refractivity (Wildman–Crippen MR) is 91.2 cm³/mol. The molecule has 0 saturated carbocycles. The molecule has 0 aliphatic carbocycles. The van der Waals surface area contributed by atoms with E-state index in [9.17, 15) is 14.3 Å². The average molecular weight is 327 g/mol. The van der Waals surface area contributed by atoms with Crippen molar-refractivity contribution in [1.29, 1.82) is 0 Å². The second kappa shape index (κ2) is 8.62. The highest BCUT2D eigenvalue weighted by Crippen LogP contribution is 2.19. The number of aliphatic hydroxyl groups excluding tert-OH is 1. The molecule has 24 heavy (non-hydrogen) atoms. The van der Waals surface area contributed by atoms with Crippen molar-refractivity contribution in [3.8, 4) is 0 Å². The number of aliphatic hydroxyl groups is 1. The van der Waals surface area contributed by atoms with Gasteiger partial charge in [0.2, 0.25) is 0 Å². The largest absolute Gasteiger partial charge is 0.506 e. The number of rotatable bonds is 6. The third-order valence-electron chi connectivity index (χ3n) is 3.22. The standard InChI is InChI=1S/C19H18FNO3/c1-2-24-19(23)16(13-21-12-14-8-4-3-5-9-14)18(22)15-10-6-7-11-17(15)20/h3-11,13,22H,2,12H2,1H3/b18-16-,21-13?. The van der Waals surface area contributed by atoms with Crippen LogP contribution in [-0.4, -0.2) is 23.9 Å². The summed E-state index contributed by atoms with van der Waals surface area (Å²) in [7, 11) is 0. The van der Waals surface area contributed by atoms with Crippen LogP contribution in [0.1, 0.15) is 18.1 Å². The molecular weight excluding hydrogens is 309 g/mol. The molecule has 1 N–H and O–H groups in total. The molecule has 0 radical (unpaired) electrons. The van der Waals surface area contributed by atoms with Crippen molar-refractivity contribution in [2.75, 3.05) is 6.61 Å². The first kappa shape index (κ1) is 17.4. The molecule has 5 heteroatoms. The minimum Gasteiger partial charge on any atom is -0.506 e. The Morgan fingerprint density at radius 1 is 1.17 bits per heavy atom. The Morgan fingerprint density at radius 2 is 1.83 bits per heavy atom. The summed E-state index contributed by atoms with van der Waals surface area (Å²) >= 11 is 0. The van der Waals surface area contributed by atoms with Crippen LogP contribution in [0.15, 0.2) is 65.2 Å². The van der Waals surface area contributed by atoms with Crippen LogP contribution < -0.4 is 0 Å². The van der Waals surface area contributed by atoms with Crippen LogP contribution in [0.3, 0.4) is 0 Å². The number of halogens is 1. The maximum absolute atomic E-state index is 13.8. The second-order valence-corrected chi connectivity index (χ2v) is 4.92. The van der Waals surface area contributed by atoms with Gasteiger partial charge in [-0.15, -0.1) is 0 Å². The Hall–Kier alpha value is -2.95. The lowest BCUT2D eigenvalue weighted by atomic mass is 10.1. The van der Waals surface area contributed by atoms with Gasteiger partial charge in [-0.3, -0.25) is 4.99 Å². The summed E-state index contributed by atoms with van der Waals surface area (Å²) in [5, 5.41) is 10.3. The van der Waals surface area contributed by atoms with E-state index in [2.05, 4.69) is 4.99 Å². The van der Waals surface area contributed by atoms with Crippen molar-refractivity contribution in [2.24, 2.45) is 4.99 Å². The molecule has 2 aromatic carbocycles. The molecule has 0 heterocycles. The molecule has 4 nitrogen and oxygen atoms in total. The maximum atomic E-state index is 13.8. The van der Waals surface area contributed by atoms with Gasteiger partial charge in [0.15, 0.2) is 0 Å². The molecule has 124 valence electrons. The van der Waals surface area contributed by atoms with E-state index in [-0.39, 0.29) is 17.7 Å². The minimum atomic E-state index is -0.755. The quantitative estimate of drug-likeness (QED) is 0.378. The molecule has 0 aliphatic heterocycles. The Morgan fingerprint density at radius 3 is 2.50 bits per heavy atom. The molecule has 0 atom stereocenters. The Kier molecular flexibility index (Phi) is 6.25. The Labute approximate surface area is 139 Å². The van der Waals surface area contributed by atoms with Crippen molar-refractivity contribution < 1.29 is 19.0 Å². The van der Waals surface area contributed by atoms with Gasteiger partial charge in [-0.2, -0.15) is 0 Å². The van der Waals surface area contributed by atoms with Crippen LogP contribution in [0.5, 0.6) is 0 Å². The highest BCUT2D eigenvalue weighted by molar-refractivity contribution is 6.15. The van der Waals surface area contributed by atoms with Gasteiger partial charge >= 0.3 is 5.97 Å². The Bertz CT molecular complexity index is 754. The topological polar surface area (TPSA) is 58.9 Å². The van der Waals surface area contributed by atoms with Crippen molar-refractivity contribution in [3.05, 3.63) is 77.1 Å². The second-order valence-electron chi connectivity index (χ2n) is 4.92. The van der Waals surface area contributed by atoms with Crippen molar-refractivity contribution >= 4 is 17.9 Å². The summed E-state index contributed by atoms with van der Waals surface area (Å²) in [5.74, 6) is -1.88. The van der Waals surface area contributed by atoms with Gasteiger partial charge in [-0.1, -0.05) is 42.5 Å². The number of esters is 1. The summed E-state index contributed by atoms with van der Waals surface area (Å²) < 4.78 is 18.8. The summed E-state index contributed by atoms with van der Waals surface area (Å²) in [6.07, 6.45) is 1.22. The van der Waals surface area contributed by atoms with E-state index >= 15 is 0 Å². The van der Waals surface area contributed by atoms with Crippen LogP contribution in [0.2, 0.25) is 0 Å². The van der Waals surface area contributed by atoms with Gasteiger partial charge in [0.1, 0.15) is 17.1 Å². The molecule has 0 bridgehead atoms. The first-order valence-electron chi connectivity index (χ1n) is 7.52. The molecule has 0 saturated heterocycles. The van der Waals surface area contributed by atoms with Crippen LogP contribution in [-0.2, 0) is 16.1 Å². The fourth-order valence-electron chi connectivity index (χ4n) is 2.04. The molecule has 0 unspecified atom stereocenters. The third kappa shape index (κ3) is 4.52. The van der Waals surface area contributed by atoms with Gasteiger partial charge in [0, 0.05) is 6.21 Å². The number of benzene rings is 2. The van der Waals surface area contributed by atoms with Gasteiger partial charge in [0.25, 0.3) is 0 Å². The van der Waals surface area contributed by atoms with E-state index in [1.807, 2.05) is 30.3 Å². The van der Waals surface area contributed by atoms with Gasteiger partial charge in [-0.25, -0.2) is 9.18 Å². The fourth-order valence-corrected chi connectivity index (χ4v) is 2.04. The van der Waals surface area contributed by atoms with Crippen LogP contribution in [0.4, 0.5) is 4.39 Å². The zero-order valence-electron chi connectivity index (χ0n) is 13.3. The number of nitrogens with zero attached hydrogens (tertiary/aromatic N) is 1. The minimum absolute atomic E-state index is 0.0771. The van der Waals surface area contributed by atoms with Crippen molar-refractivity contribution in [3.63, 3.8) is 0 Å². The predicted octanol–water partition coefficient (Wildman–Crippen LogP) is 3.93. The zero-order valence-corrected chi connectivity index (χ0v) is 13.3. The monoisotopic (exact) mass is 327 g/mol. The molecule has 0 aliphatic rings.